The maximum Gasteiger partial charge on any atom is 0.324 e. The Morgan fingerprint density at radius 3 is 2.29 bits per heavy atom. The van der Waals surface area contributed by atoms with Gasteiger partial charge in [-0.2, -0.15) is 10.2 Å². The number of fused-ring (bicyclic) bond motifs is 2. The fourth-order valence-corrected chi connectivity index (χ4v) is 6.36. The highest BCUT2D eigenvalue weighted by Gasteiger charge is 2.43. The van der Waals surface area contributed by atoms with Crippen LogP contribution in [-0.4, -0.2) is 48.9 Å². The van der Waals surface area contributed by atoms with Crippen molar-refractivity contribution < 1.29 is 9.59 Å². The maximum absolute atomic E-state index is 13.0. The zero-order chi connectivity index (χ0) is 29.4. The molecule has 0 aliphatic carbocycles. The first kappa shape index (κ1) is 27.8. The first-order valence-corrected chi connectivity index (χ1v) is 14.8. The second kappa shape index (κ2) is 11.1. The number of amides is 3. The summed E-state index contributed by atoms with van der Waals surface area (Å²) in [7, 11) is 0. The Morgan fingerprint density at radius 2 is 1.67 bits per heavy atom. The minimum Gasteiger partial charge on any atom is -0.333 e. The standard InChI is InChI=1S/C33H39N7O2/c1-21-5-11-26(12-6-21)40-30(18-29(38-40)33(2,3)4)37-32(42)36-25-9-7-22(8-10-25)15-23-16-27-13-14-28(17-23)39(27)31(41)24-19-34-35-20-24/h5-12,18-20,23,27-28H,13-17H2,1-4H3,(H,34,35)(H2,36,37,42). The van der Waals surface area contributed by atoms with E-state index in [1.807, 2.05) is 49.4 Å². The zero-order valence-corrected chi connectivity index (χ0v) is 24.7. The molecule has 2 unspecified atom stereocenters. The number of urea groups is 1. The first-order valence-electron chi connectivity index (χ1n) is 14.8. The average molecular weight is 566 g/mol. The number of piperidine rings is 1. The van der Waals surface area contributed by atoms with E-state index in [4.69, 9.17) is 5.10 Å². The number of H-pyrrole nitrogens is 1. The minimum absolute atomic E-state index is 0.0972. The summed E-state index contributed by atoms with van der Waals surface area (Å²) < 4.78 is 1.78. The van der Waals surface area contributed by atoms with Gasteiger partial charge < -0.3 is 10.2 Å². The molecule has 218 valence electrons. The third kappa shape index (κ3) is 5.82. The third-order valence-electron chi connectivity index (χ3n) is 8.54. The molecule has 2 atom stereocenters. The van der Waals surface area contributed by atoms with E-state index in [1.54, 1.807) is 17.1 Å². The van der Waals surface area contributed by atoms with Gasteiger partial charge in [-0.1, -0.05) is 50.6 Å². The lowest BCUT2D eigenvalue weighted by atomic mass is 9.85. The second-order valence-electron chi connectivity index (χ2n) is 12.8. The maximum atomic E-state index is 13.0. The summed E-state index contributed by atoms with van der Waals surface area (Å²) in [6.07, 6.45) is 8.46. The van der Waals surface area contributed by atoms with Crippen LogP contribution in [0.15, 0.2) is 67.0 Å². The summed E-state index contributed by atoms with van der Waals surface area (Å²) in [6.45, 7) is 8.36. The Balaban J connectivity index is 1.07. The zero-order valence-electron chi connectivity index (χ0n) is 24.7. The van der Waals surface area contributed by atoms with E-state index in [0.717, 1.165) is 54.7 Å². The van der Waals surface area contributed by atoms with Crippen LogP contribution in [0.4, 0.5) is 16.3 Å². The largest absolute Gasteiger partial charge is 0.333 e. The van der Waals surface area contributed by atoms with E-state index < -0.39 is 0 Å². The predicted molar refractivity (Wildman–Crippen MR) is 164 cm³/mol. The van der Waals surface area contributed by atoms with Gasteiger partial charge in [0.15, 0.2) is 0 Å². The van der Waals surface area contributed by atoms with Gasteiger partial charge in [-0.3, -0.25) is 15.2 Å². The number of carbonyl (C=O) groups is 2. The summed E-state index contributed by atoms with van der Waals surface area (Å²) in [5.74, 6) is 1.25. The van der Waals surface area contributed by atoms with Crippen LogP contribution in [0.25, 0.3) is 5.69 Å². The number of aromatic amines is 1. The number of aryl methyl sites for hydroxylation is 1. The molecule has 2 aromatic heterocycles. The van der Waals surface area contributed by atoms with E-state index in [0.29, 0.717) is 29.4 Å². The van der Waals surface area contributed by atoms with Crippen molar-refractivity contribution >= 4 is 23.4 Å². The van der Waals surface area contributed by atoms with E-state index in [-0.39, 0.29) is 17.4 Å². The topological polar surface area (TPSA) is 108 Å². The number of nitrogens with one attached hydrogen (secondary N) is 3. The Bertz CT molecular complexity index is 1540. The normalized spacial score (nSPS) is 20.0. The third-order valence-corrected chi connectivity index (χ3v) is 8.54. The molecule has 3 amide bonds. The number of rotatable bonds is 6. The minimum atomic E-state index is -0.317. The molecule has 0 spiro atoms. The summed E-state index contributed by atoms with van der Waals surface area (Å²) in [4.78, 5) is 28.1. The summed E-state index contributed by atoms with van der Waals surface area (Å²) in [6, 6.07) is 18.4. The fourth-order valence-electron chi connectivity index (χ4n) is 6.36. The molecule has 2 aliphatic rings. The van der Waals surface area contributed by atoms with Crippen LogP contribution >= 0.6 is 0 Å². The lowest BCUT2D eigenvalue weighted by Gasteiger charge is -2.39. The number of hydrogen-bond acceptors (Lipinski definition) is 4. The first-order chi connectivity index (χ1) is 20.1. The molecule has 4 heterocycles. The lowest BCUT2D eigenvalue weighted by molar-refractivity contribution is 0.0524. The number of aromatic nitrogens is 4. The highest BCUT2D eigenvalue weighted by atomic mass is 16.2. The molecular formula is C33H39N7O2. The Hall–Kier alpha value is -4.40. The summed E-state index contributed by atoms with van der Waals surface area (Å²) in [5, 5.41) is 17.5. The van der Waals surface area contributed by atoms with Crippen molar-refractivity contribution in [1.29, 1.82) is 0 Å². The van der Waals surface area contributed by atoms with Crippen molar-refractivity contribution in [3.05, 3.63) is 89.4 Å². The molecule has 2 bridgehead atoms. The van der Waals surface area contributed by atoms with Crippen LogP contribution in [0.3, 0.4) is 0 Å². The smallest absolute Gasteiger partial charge is 0.324 e. The highest BCUT2D eigenvalue weighted by Crippen LogP contribution is 2.40. The monoisotopic (exact) mass is 565 g/mol. The summed E-state index contributed by atoms with van der Waals surface area (Å²) in [5.41, 5.74) is 5.41. The van der Waals surface area contributed by atoms with E-state index in [9.17, 15) is 9.59 Å². The van der Waals surface area contributed by atoms with Crippen LogP contribution in [0.1, 0.15) is 73.6 Å². The molecular weight excluding hydrogens is 526 g/mol. The van der Waals surface area contributed by atoms with Gasteiger partial charge in [0.25, 0.3) is 5.91 Å². The van der Waals surface area contributed by atoms with Crippen molar-refractivity contribution in [3.63, 3.8) is 0 Å². The SMILES string of the molecule is Cc1ccc(-n2nc(C(C)(C)C)cc2NC(=O)Nc2ccc(CC3CC4CCC(C3)N4C(=O)c3cn[nH]c3)cc2)cc1. The molecule has 42 heavy (non-hydrogen) atoms. The van der Waals surface area contributed by atoms with Gasteiger partial charge in [-0.05, 0) is 74.8 Å². The molecule has 4 aromatic rings. The molecule has 6 rings (SSSR count). The molecule has 2 aromatic carbocycles. The van der Waals surface area contributed by atoms with Gasteiger partial charge in [-0.15, -0.1) is 0 Å². The number of hydrogen-bond donors (Lipinski definition) is 3. The molecule has 0 saturated carbocycles. The van der Waals surface area contributed by atoms with E-state index >= 15 is 0 Å². The van der Waals surface area contributed by atoms with Crippen molar-refractivity contribution in [3.8, 4) is 5.69 Å². The van der Waals surface area contributed by atoms with E-state index in [1.165, 1.54) is 5.56 Å². The summed E-state index contributed by atoms with van der Waals surface area (Å²) >= 11 is 0. The Kier molecular flexibility index (Phi) is 7.35. The van der Waals surface area contributed by atoms with Crippen molar-refractivity contribution in [1.82, 2.24) is 24.9 Å². The average Bonchev–Trinajstić information content (AvgIpc) is 3.69. The predicted octanol–water partition coefficient (Wildman–Crippen LogP) is 6.47. The second-order valence-corrected chi connectivity index (χ2v) is 12.8. The number of benzene rings is 2. The molecule has 2 saturated heterocycles. The quantitative estimate of drug-likeness (QED) is 0.249. The van der Waals surface area contributed by atoms with Gasteiger partial charge in [0.1, 0.15) is 5.82 Å². The molecule has 9 nitrogen and oxygen atoms in total. The van der Waals surface area contributed by atoms with Crippen LogP contribution in [-0.2, 0) is 11.8 Å². The van der Waals surface area contributed by atoms with Crippen LogP contribution in [0.5, 0.6) is 0 Å². The lowest BCUT2D eigenvalue weighted by Crippen LogP contribution is -2.46. The van der Waals surface area contributed by atoms with Gasteiger partial charge in [0.05, 0.1) is 23.1 Å². The van der Waals surface area contributed by atoms with Crippen molar-refractivity contribution in [2.45, 2.75) is 77.3 Å². The van der Waals surface area contributed by atoms with Crippen LogP contribution < -0.4 is 10.6 Å². The van der Waals surface area contributed by atoms with Gasteiger partial charge >= 0.3 is 6.03 Å². The number of anilines is 2. The van der Waals surface area contributed by atoms with Crippen molar-refractivity contribution in [2.75, 3.05) is 10.6 Å². The van der Waals surface area contributed by atoms with Crippen LogP contribution in [0.2, 0.25) is 0 Å². The van der Waals surface area contributed by atoms with Crippen LogP contribution in [0, 0.1) is 12.8 Å². The number of nitrogens with zero attached hydrogens (tertiary/aromatic N) is 4. The van der Waals surface area contributed by atoms with E-state index in [2.05, 4.69) is 58.6 Å². The van der Waals surface area contributed by atoms with Gasteiger partial charge in [0.2, 0.25) is 0 Å². The Labute approximate surface area is 246 Å². The molecule has 2 fully saturated rings. The fraction of sp³-hybridized carbons (Fsp3) is 0.394. The molecule has 2 aliphatic heterocycles. The number of carbonyl (C=O) groups excluding carboxylic acids is 2. The van der Waals surface area contributed by atoms with Gasteiger partial charge in [0, 0.05) is 35.4 Å². The molecule has 3 N–H and O–H groups in total. The highest BCUT2D eigenvalue weighted by molar-refractivity contribution is 5.99. The Morgan fingerprint density at radius 1 is 0.976 bits per heavy atom. The molecule has 9 heteroatoms. The van der Waals surface area contributed by atoms with Gasteiger partial charge in [-0.25, -0.2) is 9.48 Å². The van der Waals surface area contributed by atoms with Crippen molar-refractivity contribution in [2.24, 2.45) is 5.92 Å². The molecule has 0 radical (unpaired) electrons.